The van der Waals surface area contributed by atoms with Crippen LogP contribution in [0.5, 0.6) is 0 Å². The van der Waals surface area contributed by atoms with Crippen LogP contribution in [0.3, 0.4) is 0 Å². The molecule has 2 amide bonds. The zero-order valence-corrected chi connectivity index (χ0v) is 16.9. The van der Waals surface area contributed by atoms with E-state index in [-0.39, 0.29) is 29.3 Å². The van der Waals surface area contributed by atoms with Crippen molar-refractivity contribution in [2.75, 3.05) is 6.54 Å². The van der Waals surface area contributed by atoms with Gasteiger partial charge in [0.25, 0.3) is 5.91 Å². The van der Waals surface area contributed by atoms with Crippen LogP contribution in [0, 0.1) is 5.92 Å². The molecular weight excluding hydrogens is 372 g/mol. The summed E-state index contributed by atoms with van der Waals surface area (Å²) in [5, 5.41) is 9.45. The minimum absolute atomic E-state index is 0.0198. The van der Waals surface area contributed by atoms with E-state index in [4.69, 9.17) is 11.6 Å². The van der Waals surface area contributed by atoms with Crippen molar-refractivity contribution in [1.82, 2.24) is 20.0 Å². The third-order valence-corrected chi connectivity index (χ3v) is 5.91. The number of rotatable bonds is 4. The van der Waals surface area contributed by atoms with Crippen molar-refractivity contribution < 1.29 is 9.59 Å². The summed E-state index contributed by atoms with van der Waals surface area (Å²) in [6.45, 7) is 6.49. The molecule has 8 heteroatoms. The van der Waals surface area contributed by atoms with Crippen molar-refractivity contribution >= 4 is 34.8 Å². The largest absolute Gasteiger partial charge is 0.351 e. The van der Waals surface area contributed by atoms with Gasteiger partial charge in [0, 0.05) is 43.2 Å². The summed E-state index contributed by atoms with van der Waals surface area (Å²) in [6.07, 6.45) is 4.13. The number of hydrogen-bond acceptors (Lipinski definition) is 4. The quantitative estimate of drug-likeness (QED) is 0.865. The normalized spacial score (nSPS) is 20.7. The third kappa shape index (κ3) is 3.64. The van der Waals surface area contributed by atoms with Gasteiger partial charge in [0.15, 0.2) is 0 Å². The molecule has 1 N–H and O–H groups in total. The molecule has 6 nitrogen and oxygen atoms in total. The van der Waals surface area contributed by atoms with Crippen LogP contribution in [0.4, 0.5) is 0 Å². The second-order valence-electron chi connectivity index (χ2n) is 7.60. The number of nitrogens with one attached hydrogen (secondary N) is 1. The molecule has 1 fully saturated rings. The van der Waals surface area contributed by atoms with E-state index in [1.54, 1.807) is 22.3 Å². The Morgan fingerprint density at radius 2 is 2.19 bits per heavy atom. The molecule has 0 bridgehead atoms. The summed E-state index contributed by atoms with van der Waals surface area (Å²) >= 11 is 7.35. The summed E-state index contributed by atoms with van der Waals surface area (Å²) < 4.78 is 1.74. The maximum Gasteiger partial charge on any atom is 0.262 e. The van der Waals surface area contributed by atoms with Gasteiger partial charge < -0.3 is 10.2 Å². The lowest BCUT2D eigenvalue weighted by Gasteiger charge is -2.38. The fourth-order valence-corrected chi connectivity index (χ4v) is 4.61. The predicted molar refractivity (Wildman–Crippen MR) is 102 cm³/mol. The number of carbonyl (C=O) groups is 2. The average molecular weight is 395 g/mol. The van der Waals surface area contributed by atoms with Gasteiger partial charge >= 0.3 is 0 Å². The van der Waals surface area contributed by atoms with Crippen molar-refractivity contribution in [3.63, 3.8) is 0 Å². The smallest absolute Gasteiger partial charge is 0.262 e. The van der Waals surface area contributed by atoms with Crippen LogP contribution in [0.15, 0.2) is 23.8 Å². The van der Waals surface area contributed by atoms with Crippen LogP contribution in [0.1, 0.15) is 48.5 Å². The van der Waals surface area contributed by atoms with Gasteiger partial charge in [0.2, 0.25) is 5.91 Å². The molecule has 1 aliphatic rings. The van der Waals surface area contributed by atoms with Crippen LogP contribution in [-0.2, 0) is 11.8 Å². The first-order valence-corrected chi connectivity index (χ1v) is 9.76. The van der Waals surface area contributed by atoms with Gasteiger partial charge in [-0.3, -0.25) is 14.3 Å². The van der Waals surface area contributed by atoms with E-state index in [9.17, 15) is 9.59 Å². The van der Waals surface area contributed by atoms with E-state index in [0.29, 0.717) is 22.9 Å². The monoisotopic (exact) mass is 394 g/mol. The number of thiophene rings is 1. The third-order valence-electron chi connectivity index (χ3n) is 4.57. The number of nitrogens with zero attached hydrogens (tertiary/aromatic N) is 3. The number of likely N-dealkylation sites (tertiary alicyclic amines) is 1. The highest BCUT2D eigenvalue weighted by molar-refractivity contribution is 7.12. The maximum atomic E-state index is 12.7. The topological polar surface area (TPSA) is 67.2 Å². The molecule has 0 unspecified atom stereocenters. The fraction of sp³-hybridized carbons (Fsp3) is 0.500. The van der Waals surface area contributed by atoms with Crippen molar-refractivity contribution in [3.8, 4) is 0 Å². The van der Waals surface area contributed by atoms with Gasteiger partial charge in [-0.1, -0.05) is 11.6 Å². The van der Waals surface area contributed by atoms with E-state index in [1.165, 1.54) is 11.3 Å². The van der Waals surface area contributed by atoms with Gasteiger partial charge in [-0.05, 0) is 32.2 Å². The fourth-order valence-electron chi connectivity index (χ4n) is 3.55. The van der Waals surface area contributed by atoms with Crippen LogP contribution in [-0.4, -0.2) is 38.6 Å². The van der Waals surface area contributed by atoms with Gasteiger partial charge in [0.1, 0.15) is 4.88 Å². The first-order chi connectivity index (χ1) is 12.2. The van der Waals surface area contributed by atoms with E-state index in [2.05, 4.69) is 10.4 Å². The van der Waals surface area contributed by atoms with Gasteiger partial charge in [-0.25, -0.2) is 0 Å². The zero-order chi connectivity index (χ0) is 19.1. The molecule has 140 valence electrons. The van der Waals surface area contributed by atoms with Crippen molar-refractivity contribution in [2.45, 2.75) is 38.8 Å². The van der Waals surface area contributed by atoms with Gasteiger partial charge in [0.05, 0.1) is 17.3 Å². The van der Waals surface area contributed by atoms with E-state index >= 15 is 0 Å². The molecule has 26 heavy (non-hydrogen) atoms. The molecule has 0 spiro atoms. The van der Waals surface area contributed by atoms with E-state index in [1.807, 2.05) is 38.9 Å². The second-order valence-corrected chi connectivity index (χ2v) is 8.92. The Balaban J connectivity index is 1.82. The highest BCUT2D eigenvalue weighted by Gasteiger charge is 2.45. The van der Waals surface area contributed by atoms with E-state index in [0.717, 1.165) is 5.56 Å². The summed E-state index contributed by atoms with van der Waals surface area (Å²) in [5.74, 6) is -0.120. The Morgan fingerprint density at radius 1 is 1.46 bits per heavy atom. The number of aromatic nitrogens is 2. The number of amides is 2. The lowest BCUT2D eigenvalue weighted by Crippen LogP contribution is -2.44. The predicted octanol–water partition coefficient (Wildman–Crippen LogP) is 3.25. The molecule has 2 aromatic heterocycles. The van der Waals surface area contributed by atoms with Gasteiger partial charge in [-0.2, -0.15) is 5.10 Å². The Kier molecular flexibility index (Phi) is 5.12. The minimum Gasteiger partial charge on any atom is -0.351 e. The molecule has 2 atom stereocenters. The first kappa shape index (κ1) is 18.9. The van der Waals surface area contributed by atoms with Crippen molar-refractivity contribution in [3.05, 3.63) is 39.3 Å². The average Bonchev–Trinajstić information content (AvgIpc) is 3.22. The summed E-state index contributed by atoms with van der Waals surface area (Å²) in [6, 6.07) is 1.59. The molecule has 0 saturated carbocycles. The maximum absolute atomic E-state index is 12.7. The van der Waals surface area contributed by atoms with Gasteiger partial charge in [-0.15, -0.1) is 11.3 Å². The molecule has 3 heterocycles. The Labute approximate surface area is 162 Å². The molecular formula is C18H23ClN4O2S. The Morgan fingerprint density at radius 3 is 2.73 bits per heavy atom. The SMILES string of the molecule is Cn1cc([C@@H]2[C@@H](CNC(=O)c3sccc3Cl)CC(=O)N2C(C)(C)C)cn1. The molecule has 0 aliphatic carbocycles. The molecule has 0 aromatic carbocycles. The minimum atomic E-state index is -0.312. The molecule has 0 radical (unpaired) electrons. The number of hydrogen-bond donors (Lipinski definition) is 1. The van der Waals surface area contributed by atoms with E-state index < -0.39 is 0 Å². The number of aryl methyl sites for hydroxylation is 1. The molecule has 2 aromatic rings. The number of halogens is 1. The van der Waals surface area contributed by atoms with Crippen molar-refractivity contribution in [2.24, 2.45) is 13.0 Å². The van der Waals surface area contributed by atoms with Crippen LogP contribution in [0.2, 0.25) is 5.02 Å². The highest BCUT2D eigenvalue weighted by atomic mass is 35.5. The molecule has 3 rings (SSSR count). The lowest BCUT2D eigenvalue weighted by atomic mass is 9.93. The molecule has 1 aliphatic heterocycles. The summed E-state index contributed by atoms with van der Waals surface area (Å²) in [7, 11) is 1.86. The van der Waals surface area contributed by atoms with Crippen molar-refractivity contribution in [1.29, 1.82) is 0 Å². The Bertz CT molecular complexity index is 823. The number of carbonyl (C=O) groups excluding carboxylic acids is 2. The van der Waals surface area contributed by atoms with Crippen LogP contribution in [0.25, 0.3) is 0 Å². The zero-order valence-electron chi connectivity index (χ0n) is 15.3. The second kappa shape index (κ2) is 7.04. The first-order valence-electron chi connectivity index (χ1n) is 8.50. The highest BCUT2D eigenvalue weighted by Crippen LogP contribution is 2.42. The van der Waals surface area contributed by atoms with Crippen LogP contribution >= 0.6 is 22.9 Å². The standard InChI is InChI=1S/C18H23ClN4O2S/c1-18(2,3)23-14(24)7-11(15(23)12-9-21-22(4)10-12)8-20-17(25)16-13(19)5-6-26-16/h5-6,9-11,15H,7-8H2,1-4H3,(H,20,25)/t11-,15+/m1/s1. The summed E-state index contributed by atoms with van der Waals surface area (Å²) in [5.41, 5.74) is 0.676. The summed E-state index contributed by atoms with van der Waals surface area (Å²) in [4.78, 5) is 27.5. The lowest BCUT2D eigenvalue weighted by molar-refractivity contribution is -0.133. The Hall–Kier alpha value is -1.86. The molecule has 1 saturated heterocycles. The van der Waals surface area contributed by atoms with Crippen LogP contribution < -0.4 is 5.32 Å².